The van der Waals surface area contributed by atoms with E-state index in [0.29, 0.717) is 13.1 Å². The minimum Gasteiger partial charge on any atom is -0.376 e. The number of ether oxygens (including phenoxy) is 1. The highest BCUT2D eigenvalue weighted by Crippen LogP contribution is 2.34. The van der Waals surface area contributed by atoms with Crippen molar-refractivity contribution >= 4 is 33.3 Å². The van der Waals surface area contributed by atoms with E-state index >= 15 is 0 Å². The normalized spacial score (nSPS) is 16.8. The molecule has 0 unspecified atom stereocenters. The zero-order valence-corrected chi connectivity index (χ0v) is 16.5. The molecule has 6 nitrogen and oxygen atoms in total. The van der Waals surface area contributed by atoms with Gasteiger partial charge in [-0.25, -0.2) is 9.97 Å². The molecule has 0 spiro atoms. The number of aryl methyl sites for hydroxylation is 1. The molecule has 0 aliphatic carbocycles. The molecular weight excluding hydrogens is 348 g/mol. The van der Waals surface area contributed by atoms with Crippen LogP contribution in [-0.4, -0.2) is 53.1 Å². The van der Waals surface area contributed by atoms with E-state index in [4.69, 9.17) is 4.74 Å². The number of fused-ring (bicyclic) bond motifs is 1. The average molecular weight is 375 g/mol. The van der Waals surface area contributed by atoms with Crippen molar-refractivity contribution in [2.75, 3.05) is 31.6 Å². The van der Waals surface area contributed by atoms with Crippen molar-refractivity contribution in [1.82, 2.24) is 14.9 Å². The van der Waals surface area contributed by atoms with E-state index in [-0.39, 0.29) is 12.0 Å². The first-order chi connectivity index (χ1) is 12.5. The van der Waals surface area contributed by atoms with Crippen molar-refractivity contribution in [3.05, 3.63) is 28.9 Å². The largest absolute Gasteiger partial charge is 0.376 e. The smallest absolute Gasteiger partial charge is 0.264 e. The monoisotopic (exact) mass is 374 g/mol. The Morgan fingerprint density at radius 2 is 2.31 bits per heavy atom. The number of anilines is 1. The maximum Gasteiger partial charge on any atom is 0.264 e. The Hall–Kier alpha value is -1.99. The predicted molar refractivity (Wildman–Crippen MR) is 106 cm³/mol. The summed E-state index contributed by atoms with van der Waals surface area (Å²) in [7, 11) is 0. The molecule has 1 amide bonds. The summed E-state index contributed by atoms with van der Waals surface area (Å²) in [6, 6.07) is 0. The lowest BCUT2D eigenvalue weighted by molar-refractivity contribution is 0.0782. The number of nitrogens with zero attached hydrogens (tertiary/aromatic N) is 3. The first kappa shape index (κ1) is 18.8. The molecular formula is C19H26N4O2S. The quantitative estimate of drug-likeness (QED) is 0.750. The van der Waals surface area contributed by atoms with Crippen molar-refractivity contribution < 1.29 is 9.53 Å². The van der Waals surface area contributed by atoms with Crippen LogP contribution in [-0.2, 0) is 4.74 Å². The van der Waals surface area contributed by atoms with Crippen LogP contribution in [0.1, 0.15) is 41.9 Å². The lowest BCUT2D eigenvalue weighted by atomic mass is 10.1. The van der Waals surface area contributed by atoms with Crippen LogP contribution in [0.3, 0.4) is 0 Å². The average Bonchev–Trinajstić information content (AvgIpc) is 3.25. The van der Waals surface area contributed by atoms with Crippen LogP contribution in [0.25, 0.3) is 10.2 Å². The van der Waals surface area contributed by atoms with Gasteiger partial charge < -0.3 is 15.0 Å². The second-order valence-corrected chi connectivity index (χ2v) is 7.75. The van der Waals surface area contributed by atoms with Gasteiger partial charge in [-0.2, -0.15) is 0 Å². The van der Waals surface area contributed by atoms with Gasteiger partial charge in [-0.15, -0.1) is 11.3 Å². The number of hydrogen-bond donors (Lipinski definition) is 1. The molecule has 3 rings (SSSR count). The summed E-state index contributed by atoms with van der Waals surface area (Å²) in [5, 5.41) is 4.33. The Bertz CT molecular complexity index is 811. The molecule has 0 radical (unpaired) electrons. The van der Waals surface area contributed by atoms with Crippen molar-refractivity contribution in [2.45, 2.75) is 39.7 Å². The highest BCUT2D eigenvalue weighted by Gasteiger charge is 2.23. The minimum absolute atomic E-state index is 0.0288. The van der Waals surface area contributed by atoms with E-state index in [0.717, 1.165) is 58.0 Å². The van der Waals surface area contributed by atoms with Gasteiger partial charge in [0.15, 0.2) is 0 Å². The summed E-state index contributed by atoms with van der Waals surface area (Å²) >= 11 is 1.43. The first-order valence-corrected chi connectivity index (χ1v) is 9.86. The van der Waals surface area contributed by atoms with Crippen LogP contribution >= 0.6 is 11.3 Å². The van der Waals surface area contributed by atoms with Gasteiger partial charge in [-0.1, -0.05) is 12.2 Å². The molecule has 1 saturated heterocycles. The summed E-state index contributed by atoms with van der Waals surface area (Å²) < 4.78 is 5.67. The third kappa shape index (κ3) is 3.88. The van der Waals surface area contributed by atoms with Crippen molar-refractivity contribution in [3.63, 3.8) is 0 Å². The minimum atomic E-state index is 0.0288. The van der Waals surface area contributed by atoms with E-state index in [2.05, 4.69) is 21.9 Å². The number of likely N-dealkylation sites (N-methyl/N-ethyl adjacent to an activating group) is 1. The lowest BCUT2D eigenvalue weighted by Gasteiger charge is -2.20. The summed E-state index contributed by atoms with van der Waals surface area (Å²) in [5.41, 5.74) is 1.91. The summed E-state index contributed by atoms with van der Waals surface area (Å²) in [6.45, 7) is 12.6. The van der Waals surface area contributed by atoms with E-state index in [1.54, 1.807) is 6.33 Å². The van der Waals surface area contributed by atoms with Crippen LogP contribution < -0.4 is 5.32 Å². The number of amides is 1. The first-order valence-electron chi connectivity index (χ1n) is 9.04. The number of carbonyl (C=O) groups is 1. The number of carbonyl (C=O) groups excluding carboxylic acids is 1. The van der Waals surface area contributed by atoms with Gasteiger partial charge in [0.25, 0.3) is 5.91 Å². The van der Waals surface area contributed by atoms with E-state index in [1.807, 2.05) is 25.7 Å². The van der Waals surface area contributed by atoms with Crippen molar-refractivity contribution in [1.29, 1.82) is 0 Å². The Kier molecular flexibility index (Phi) is 5.88. The zero-order valence-electron chi connectivity index (χ0n) is 15.7. The lowest BCUT2D eigenvalue weighted by Crippen LogP contribution is -2.32. The molecule has 2 aromatic rings. The molecule has 1 aliphatic heterocycles. The maximum atomic E-state index is 13.0. The second kappa shape index (κ2) is 8.14. The fourth-order valence-corrected chi connectivity index (χ4v) is 4.34. The topological polar surface area (TPSA) is 67.4 Å². The SMILES string of the molecule is C=C(C)CN(CC)C(=O)c1sc2ncnc(NC[C@@H]3CCCO3)c2c1C. The number of aromatic nitrogens is 2. The van der Waals surface area contributed by atoms with Gasteiger partial charge in [0.05, 0.1) is 16.4 Å². The summed E-state index contributed by atoms with van der Waals surface area (Å²) in [4.78, 5) is 25.1. The Balaban J connectivity index is 1.88. The molecule has 1 N–H and O–H groups in total. The van der Waals surface area contributed by atoms with Crippen LogP contribution in [0, 0.1) is 6.92 Å². The predicted octanol–water partition coefficient (Wildman–Crippen LogP) is 3.63. The maximum absolute atomic E-state index is 13.0. The Morgan fingerprint density at radius 3 is 2.96 bits per heavy atom. The van der Waals surface area contributed by atoms with E-state index in [1.165, 1.54) is 11.3 Å². The van der Waals surface area contributed by atoms with Crippen LogP contribution in [0.5, 0.6) is 0 Å². The Labute approximate surface area is 158 Å². The molecule has 26 heavy (non-hydrogen) atoms. The third-order valence-electron chi connectivity index (χ3n) is 4.57. The molecule has 1 aliphatic rings. The summed E-state index contributed by atoms with van der Waals surface area (Å²) in [5.74, 6) is 0.808. The number of nitrogens with one attached hydrogen (secondary N) is 1. The Morgan fingerprint density at radius 1 is 1.50 bits per heavy atom. The number of rotatable bonds is 7. The molecule has 3 heterocycles. The molecule has 7 heteroatoms. The van der Waals surface area contributed by atoms with Gasteiger partial charge in [0.2, 0.25) is 0 Å². The van der Waals surface area contributed by atoms with Crippen LogP contribution in [0.15, 0.2) is 18.5 Å². The molecule has 0 aromatic carbocycles. The third-order valence-corrected chi connectivity index (χ3v) is 5.76. The van der Waals surface area contributed by atoms with Crippen LogP contribution in [0.2, 0.25) is 0 Å². The van der Waals surface area contributed by atoms with Gasteiger partial charge in [0, 0.05) is 26.2 Å². The highest BCUT2D eigenvalue weighted by atomic mass is 32.1. The van der Waals surface area contributed by atoms with Crippen molar-refractivity contribution in [2.24, 2.45) is 0 Å². The molecule has 2 aromatic heterocycles. The highest BCUT2D eigenvalue weighted by molar-refractivity contribution is 7.20. The fourth-order valence-electron chi connectivity index (χ4n) is 3.22. The fraction of sp³-hybridized carbons (Fsp3) is 0.526. The standard InChI is InChI=1S/C19H26N4O2S/c1-5-23(10-12(2)3)19(24)16-13(4)15-17(21-11-22-18(15)26-16)20-9-14-7-6-8-25-14/h11,14H,2,5-10H2,1,3-4H3,(H,20,21,22)/t14-/m0/s1. The molecule has 1 atom stereocenters. The van der Waals surface area contributed by atoms with Gasteiger partial charge in [-0.3, -0.25) is 4.79 Å². The summed E-state index contributed by atoms with van der Waals surface area (Å²) in [6.07, 6.45) is 3.96. The number of hydrogen-bond acceptors (Lipinski definition) is 6. The molecule has 1 fully saturated rings. The molecule has 140 valence electrons. The van der Waals surface area contributed by atoms with Crippen molar-refractivity contribution in [3.8, 4) is 0 Å². The van der Waals surface area contributed by atoms with Gasteiger partial charge in [0.1, 0.15) is 17.0 Å². The molecule has 0 bridgehead atoms. The van der Waals surface area contributed by atoms with E-state index in [9.17, 15) is 4.79 Å². The second-order valence-electron chi connectivity index (χ2n) is 6.75. The van der Waals surface area contributed by atoms with Gasteiger partial charge in [-0.05, 0) is 39.2 Å². The van der Waals surface area contributed by atoms with Crippen LogP contribution in [0.4, 0.5) is 5.82 Å². The zero-order chi connectivity index (χ0) is 18.7. The number of thiophene rings is 1. The van der Waals surface area contributed by atoms with Gasteiger partial charge >= 0.3 is 0 Å². The van der Waals surface area contributed by atoms with E-state index < -0.39 is 0 Å². The molecule has 0 saturated carbocycles.